The molecule has 3 aliphatic heterocycles. The summed E-state index contributed by atoms with van der Waals surface area (Å²) >= 11 is 0. The van der Waals surface area contributed by atoms with Crippen molar-refractivity contribution in [1.82, 2.24) is 10.2 Å². The molecule has 0 bridgehead atoms. The Kier molecular flexibility index (Phi) is 4.32. The molecular weight excluding hydrogens is 400 g/mol. The lowest BCUT2D eigenvalue weighted by Crippen LogP contribution is -2.52. The molecule has 156 valence electrons. The maximum Gasteiger partial charge on any atom is 0.256 e. The highest BCUT2D eigenvalue weighted by Crippen LogP contribution is 2.30. The fourth-order valence-electron chi connectivity index (χ4n) is 4.31. The first-order valence-corrected chi connectivity index (χ1v) is 9.91. The predicted molar refractivity (Wildman–Crippen MR) is 109 cm³/mol. The summed E-state index contributed by atoms with van der Waals surface area (Å²) in [5.41, 5.74) is 3.39. The number of carbonyl (C=O) groups excluding carboxylic acids is 5. The smallest absolute Gasteiger partial charge is 0.256 e. The molecule has 1 fully saturated rings. The Labute approximate surface area is 176 Å². The molecule has 3 heterocycles. The van der Waals surface area contributed by atoms with E-state index in [1.165, 1.54) is 4.90 Å². The van der Waals surface area contributed by atoms with E-state index in [0.29, 0.717) is 40.0 Å². The molecule has 9 nitrogen and oxygen atoms in total. The lowest BCUT2D eigenvalue weighted by Gasteiger charge is -2.29. The van der Waals surface area contributed by atoms with Crippen molar-refractivity contribution in [3.63, 3.8) is 0 Å². The number of nitrogens with one attached hydrogen (secondary N) is 3. The summed E-state index contributed by atoms with van der Waals surface area (Å²) in [7, 11) is 0. The van der Waals surface area contributed by atoms with Crippen LogP contribution in [0.1, 0.15) is 44.7 Å². The van der Waals surface area contributed by atoms with Crippen molar-refractivity contribution in [2.24, 2.45) is 0 Å². The van der Waals surface area contributed by atoms with Gasteiger partial charge in [-0.1, -0.05) is 6.07 Å². The average molecular weight is 418 g/mol. The largest absolute Gasteiger partial charge is 0.326 e. The topological polar surface area (TPSA) is 125 Å². The van der Waals surface area contributed by atoms with Crippen molar-refractivity contribution >= 4 is 40.9 Å². The second-order valence-electron chi connectivity index (χ2n) is 7.78. The van der Waals surface area contributed by atoms with E-state index in [2.05, 4.69) is 16.0 Å². The van der Waals surface area contributed by atoms with E-state index in [-0.39, 0.29) is 43.0 Å². The Balaban J connectivity index is 1.35. The zero-order valence-corrected chi connectivity index (χ0v) is 16.4. The molecule has 3 aliphatic rings. The van der Waals surface area contributed by atoms with Gasteiger partial charge in [-0.2, -0.15) is 0 Å². The average Bonchev–Trinajstić information content (AvgIpc) is 3.26. The molecule has 31 heavy (non-hydrogen) atoms. The van der Waals surface area contributed by atoms with Crippen molar-refractivity contribution in [3.8, 4) is 0 Å². The minimum absolute atomic E-state index is 0.151. The van der Waals surface area contributed by atoms with E-state index < -0.39 is 11.9 Å². The summed E-state index contributed by atoms with van der Waals surface area (Å²) in [6, 6.07) is 9.40. The molecule has 1 atom stereocenters. The van der Waals surface area contributed by atoms with Crippen LogP contribution in [-0.4, -0.2) is 40.5 Å². The molecular formula is C22H18N4O5. The van der Waals surface area contributed by atoms with E-state index in [0.717, 1.165) is 0 Å². The highest BCUT2D eigenvalue weighted by atomic mass is 16.2. The number of benzene rings is 2. The van der Waals surface area contributed by atoms with Crippen LogP contribution >= 0.6 is 0 Å². The van der Waals surface area contributed by atoms with Gasteiger partial charge in [-0.3, -0.25) is 29.3 Å². The molecule has 0 spiro atoms. The van der Waals surface area contributed by atoms with Gasteiger partial charge in [-0.25, -0.2) is 0 Å². The van der Waals surface area contributed by atoms with Crippen LogP contribution in [0.3, 0.4) is 0 Å². The number of carbonyl (C=O) groups is 5. The van der Waals surface area contributed by atoms with Crippen molar-refractivity contribution < 1.29 is 24.0 Å². The number of hydrogen-bond donors (Lipinski definition) is 3. The highest BCUT2D eigenvalue weighted by Gasteiger charge is 2.39. The number of nitrogens with zero attached hydrogens (tertiary/aromatic N) is 1. The number of piperidine rings is 1. The van der Waals surface area contributed by atoms with E-state index in [1.54, 1.807) is 36.4 Å². The van der Waals surface area contributed by atoms with Crippen molar-refractivity contribution in [3.05, 3.63) is 58.7 Å². The van der Waals surface area contributed by atoms with Gasteiger partial charge in [0.15, 0.2) is 0 Å². The van der Waals surface area contributed by atoms with E-state index in [9.17, 15) is 24.0 Å². The predicted octanol–water partition coefficient (Wildman–Crippen LogP) is 1.19. The van der Waals surface area contributed by atoms with Crippen LogP contribution in [0.25, 0.3) is 0 Å². The monoisotopic (exact) mass is 418 g/mol. The molecule has 1 saturated heterocycles. The van der Waals surface area contributed by atoms with Crippen LogP contribution in [-0.2, 0) is 27.3 Å². The second-order valence-corrected chi connectivity index (χ2v) is 7.78. The van der Waals surface area contributed by atoms with Crippen LogP contribution < -0.4 is 16.0 Å². The normalized spacial score (nSPS) is 19.6. The van der Waals surface area contributed by atoms with Gasteiger partial charge in [0.1, 0.15) is 6.04 Å². The first kappa shape index (κ1) is 19.0. The number of rotatable bonds is 3. The zero-order chi connectivity index (χ0) is 21.7. The van der Waals surface area contributed by atoms with Crippen molar-refractivity contribution in [1.29, 1.82) is 0 Å². The molecule has 9 heteroatoms. The van der Waals surface area contributed by atoms with Gasteiger partial charge < -0.3 is 15.5 Å². The van der Waals surface area contributed by atoms with Gasteiger partial charge in [0.2, 0.25) is 17.7 Å². The van der Waals surface area contributed by atoms with Gasteiger partial charge in [0, 0.05) is 35.5 Å². The summed E-state index contributed by atoms with van der Waals surface area (Å²) in [6.45, 7) is 0.226. The third-order valence-corrected chi connectivity index (χ3v) is 5.81. The van der Waals surface area contributed by atoms with Crippen LogP contribution in [0.2, 0.25) is 0 Å². The highest BCUT2D eigenvalue weighted by molar-refractivity contribution is 6.11. The van der Waals surface area contributed by atoms with Crippen LogP contribution in [0.5, 0.6) is 0 Å². The Hall–Kier alpha value is -4.01. The summed E-state index contributed by atoms with van der Waals surface area (Å²) in [6.07, 6.45) is 0.634. The minimum Gasteiger partial charge on any atom is -0.326 e. The SMILES string of the molecule is O=C1CCC(N2Cc3cc(NC(=O)c4cccc5c4CC(=O)N5)ccc3C2=O)C(=O)N1. The van der Waals surface area contributed by atoms with Crippen LogP contribution in [0.15, 0.2) is 36.4 Å². The summed E-state index contributed by atoms with van der Waals surface area (Å²) in [5.74, 6) is -1.57. The Bertz CT molecular complexity index is 1190. The lowest BCUT2D eigenvalue weighted by atomic mass is 10.0. The Morgan fingerprint density at radius 2 is 1.87 bits per heavy atom. The minimum atomic E-state index is -0.687. The molecule has 0 saturated carbocycles. The molecule has 2 aromatic rings. The zero-order valence-electron chi connectivity index (χ0n) is 16.4. The Morgan fingerprint density at radius 3 is 2.68 bits per heavy atom. The number of anilines is 2. The number of fused-ring (bicyclic) bond motifs is 2. The maximum atomic E-state index is 12.8. The molecule has 5 rings (SSSR count). The van der Waals surface area contributed by atoms with Crippen molar-refractivity contribution in [2.75, 3.05) is 10.6 Å². The third kappa shape index (κ3) is 3.24. The second kappa shape index (κ2) is 7.05. The van der Waals surface area contributed by atoms with Gasteiger partial charge in [0.25, 0.3) is 11.8 Å². The van der Waals surface area contributed by atoms with Gasteiger partial charge in [0.05, 0.1) is 6.42 Å². The van der Waals surface area contributed by atoms with Gasteiger partial charge in [-0.15, -0.1) is 0 Å². The quantitative estimate of drug-likeness (QED) is 0.646. The molecule has 5 amide bonds. The van der Waals surface area contributed by atoms with Crippen molar-refractivity contribution in [2.45, 2.75) is 31.8 Å². The number of hydrogen-bond acceptors (Lipinski definition) is 5. The molecule has 0 radical (unpaired) electrons. The molecule has 2 aromatic carbocycles. The fourth-order valence-corrected chi connectivity index (χ4v) is 4.31. The summed E-state index contributed by atoms with van der Waals surface area (Å²) < 4.78 is 0. The molecule has 3 N–H and O–H groups in total. The molecule has 1 unspecified atom stereocenters. The summed E-state index contributed by atoms with van der Waals surface area (Å²) in [5, 5.41) is 7.82. The number of amides is 5. The maximum absolute atomic E-state index is 12.8. The lowest BCUT2D eigenvalue weighted by molar-refractivity contribution is -0.137. The number of imide groups is 1. The van der Waals surface area contributed by atoms with E-state index >= 15 is 0 Å². The fraction of sp³-hybridized carbons (Fsp3) is 0.227. The first-order chi connectivity index (χ1) is 14.9. The van der Waals surface area contributed by atoms with Gasteiger partial charge >= 0.3 is 0 Å². The van der Waals surface area contributed by atoms with Crippen LogP contribution in [0.4, 0.5) is 11.4 Å². The van der Waals surface area contributed by atoms with E-state index in [4.69, 9.17) is 0 Å². The summed E-state index contributed by atoms with van der Waals surface area (Å²) in [4.78, 5) is 62.3. The standard InChI is InChI=1S/C22H18N4O5/c27-18-7-6-17(21(30)25-18)26-10-11-8-12(4-5-13(11)22(26)31)23-20(29)14-2-1-3-16-15(14)9-19(28)24-16/h1-5,8,17H,6-7,9-10H2,(H,23,29)(H,24,28)(H,25,27,30). The third-order valence-electron chi connectivity index (χ3n) is 5.81. The van der Waals surface area contributed by atoms with Gasteiger partial charge in [-0.05, 0) is 47.9 Å². The van der Waals surface area contributed by atoms with Crippen LogP contribution in [0, 0.1) is 0 Å². The first-order valence-electron chi connectivity index (χ1n) is 9.91. The molecule has 0 aromatic heterocycles. The van der Waals surface area contributed by atoms with E-state index in [1.807, 2.05) is 0 Å². The Morgan fingerprint density at radius 1 is 1.03 bits per heavy atom. The molecule has 0 aliphatic carbocycles.